The molecule has 0 aromatic heterocycles. The zero-order valence-electron chi connectivity index (χ0n) is 13.4. The Morgan fingerprint density at radius 1 is 1.08 bits per heavy atom. The number of anilines is 1. The van der Waals surface area contributed by atoms with Crippen molar-refractivity contribution >= 4 is 29.1 Å². The van der Waals surface area contributed by atoms with Crippen LogP contribution >= 0.6 is 11.6 Å². The van der Waals surface area contributed by atoms with Crippen molar-refractivity contribution < 1.29 is 14.3 Å². The van der Waals surface area contributed by atoms with E-state index in [1.165, 1.54) is 4.90 Å². The lowest BCUT2D eigenvalue weighted by atomic mass is 10.3. The minimum absolute atomic E-state index is 0.00529. The molecule has 0 aliphatic heterocycles. The molecule has 0 heterocycles. The first kappa shape index (κ1) is 17.8. The molecule has 0 unspecified atom stereocenters. The second-order valence-electron chi connectivity index (χ2n) is 5.22. The third-order valence-corrected chi connectivity index (χ3v) is 3.51. The number of likely N-dealkylation sites (N-methyl/N-ethyl adjacent to an activating group) is 1. The summed E-state index contributed by atoms with van der Waals surface area (Å²) in [5.74, 6) is 0.250. The summed E-state index contributed by atoms with van der Waals surface area (Å²) in [4.78, 5) is 25.3. The van der Waals surface area contributed by atoms with E-state index in [9.17, 15) is 9.59 Å². The number of carbonyl (C=O) groups is 2. The highest BCUT2D eigenvalue weighted by molar-refractivity contribution is 6.30. The minimum atomic E-state index is -0.240. The number of hydrogen-bond donors (Lipinski definition) is 1. The maximum atomic E-state index is 12.0. The number of nitrogens with one attached hydrogen (secondary N) is 1. The Morgan fingerprint density at radius 3 is 2.42 bits per heavy atom. The van der Waals surface area contributed by atoms with Crippen molar-refractivity contribution in [2.75, 3.05) is 25.5 Å². The summed E-state index contributed by atoms with van der Waals surface area (Å²) in [6.07, 6.45) is 0.192. The highest BCUT2D eigenvalue weighted by atomic mass is 35.5. The fourth-order valence-corrected chi connectivity index (χ4v) is 2.13. The fourth-order valence-electron chi connectivity index (χ4n) is 2.00. The number of hydrogen-bond acceptors (Lipinski definition) is 3. The van der Waals surface area contributed by atoms with Crippen LogP contribution in [0, 0.1) is 0 Å². The van der Waals surface area contributed by atoms with E-state index in [0.29, 0.717) is 16.5 Å². The monoisotopic (exact) mass is 346 g/mol. The number of amides is 2. The van der Waals surface area contributed by atoms with Crippen molar-refractivity contribution in [3.8, 4) is 5.75 Å². The molecule has 0 aliphatic carbocycles. The van der Waals surface area contributed by atoms with Crippen LogP contribution in [0.2, 0.25) is 5.02 Å². The highest BCUT2D eigenvalue weighted by Crippen LogP contribution is 2.15. The normalized spacial score (nSPS) is 10.1. The number of halogens is 1. The number of rotatable bonds is 7. The summed E-state index contributed by atoms with van der Waals surface area (Å²) in [5.41, 5.74) is 0.703. The van der Waals surface area contributed by atoms with Crippen molar-refractivity contribution in [3.05, 3.63) is 59.6 Å². The first-order valence-electron chi connectivity index (χ1n) is 7.52. The number of carbonyl (C=O) groups excluding carboxylic acids is 2. The van der Waals surface area contributed by atoms with Crippen molar-refractivity contribution in [2.24, 2.45) is 0 Å². The lowest BCUT2D eigenvalue weighted by Crippen LogP contribution is -2.35. The average Bonchev–Trinajstić information content (AvgIpc) is 2.57. The van der Waals surface area contributed by atoms with E-state index >= 15 is 0 Å². The molecule has 2 rings (SSSR count). The molecule has 0 saturated heterocycles. The largest absolute Gasteiger partial charge is 0.493 e. The van der Waals surface area contributed by atoms with Gasteiger partial charge in [-0.25, -0.2) is 0 Å². The Balaban J connectivity index is 1.71. The van der Waals surface area contributed by atoms with Crippen LogP contribution in [0.25, 0.3) is 0 Å². The molecule has 6 heteroatoms. The lowest BCUT2D eigenvalue weighted by Gasteiger charge is -2.17. The van der Waals surface area contributed by atoms with Crippen LogP contribution in [0.3, 0.4) is 0 Å². The van der Waals surface area contributed by atoms with Gasteiger partial charge in [-0.1, -0.05) is 29.8 Å². The first-order valence-corrected chi connectivity index (χ1v) is 7.89. The van der Waals surface area contributed by atoms with Gasteiger partial charge in [0, 0.05) is 17.8 Å². The van der Waals surface area contributed by atoms with E-state index in [4.69, 9.17) is 16.3 Å². The molecule has 0 radical (unpaired) electrons. The summed E-state index contributed by atoms with van der Waals surface area (Å²) in [6.45, 7) is 0.236. The van der Waals surface area contributed by atoms with E-state index in [1.54, 1.807) is 43.4 Å². The molecule has 0 saturated carbocycles. The van der Waals surface area contributed by atoms with Gasteiger partial charge in [0.15, 0.2) is 0 Å². The Labute approximate surface area is 146 Å². The number of para-hydroxylation sites is 1. The van der Waals surface area contributed by atoms with E-state index in [0.717, 1.165) is 0 Å². The molecule has 0 atom stereocenters. The van der Waals surface area contributed by atoms with E-state index in [-0.39, 0.29) is 31.4 Å². The molecule has 2 aromatic carbocycles. The van der Waals surface area contributed by atoms with Gasteiger partial charge in [-0.3, -0.25) is 9.59 Å². The molecular formula is C18H19ClN2O3. The Hall–Kier alpha value is -2.53. The molecule has 126 valence electrons. The first-order chi connectivity index (χ1) is 11.5. The Kier molecular flexibility index (Phi) is 6.63. The Bertz CT molecular complexity index is 674. The molecule has 2 amide bonds. The molecule has 0 aliphatic rings. The van der Waals surface area contributed by atoms with Crippen LogP contribution in [0.5, 0.6) is 5.75 Å². The second-order valence-corrected chi connectivity index (χ2v) is 5.65. The zero-order valence-corrected chi connectivity index (χ0v) is 14.1. The molecule has 0 fully saturated rings. The number of nitrogens with zero attached hydrogens (tertiary/aromatic N) is 1. The van der Waals surface area contributed by atoms with E-state index < -0.39 is 0 Å². The molecule has 0 bridgehead atoms. The van der Waals surface area contributed by atoms with Gasteiger partial charge in [0.1, 0.15) is 5.75 Å². The van der Waals surface area contributed by atoms with Crippen LogP contribution in [-0.4, -0.2) is 36.9 Å². The summed E-state index contributed by atoms with van der Waals surface area (Å²) >= 11 is 5.79. The van der Waals surface area contributed by atoms with Crippen LogP contribution in [0.4, 0.5) is 5.69 Å². The van der Waals surface area contributed by atoms with Gasteiger partial charge in [0.2, 0.25) is 11.8 Å². The minimum Gasteiger partial charge on any atom is -0.493 e. The zero-order chi connectivity index (χ0) is 17.4. The third-order valence-electron chi connectivity index (χ3n) is 3.26. The standard InChI is InChI=1S/C18H19ClN2O3/c1-21(13-17(22)20-15-5-3-2-4-6-15)18(23)11-12-24-16-9-7-14(19)8-10-16/h2-10H,11-13H2,1H3,(H,20,22). The van der Waals surface area contributed by atoms with Gasteiger partial charge < -0.3 is 15.0 Å². The lowest BCUT2D eigenvalue weighted by molar-refractivity contribution is -0.133. The SMILES string of the molecule is CN(CC(=O)Nc1ccccc1)C(=O)CCOc1ccc(Cl)cc1. The van der Waals surface area contributed by atoms with Gasteiger partial charge >= 0.3 is 0 Å². The molecular weight excluding hydrogens is 328 g/mol. The predicted molar refractivity (Wildman–Crippen MR) is 94.3 cm³/mol. The summed E-state index contributed by atoms with van der Waals surface area (Å²) in [7, 11) is 1.59. The summed E-state index contributed by atoms with van der Waals surface area (Å²) < 4.78 is 5.48. The van der Waals surface area contributed by atoms with Gasteiger partial charge in [-0.05, 0) is 36.4 Å². The van der Waals surface area contributed by atoms with Crippen LogP contribution in [-0.2, 0) is 9.59 Å². The maximum absolute atomic E-state index is 12.0. The topological polar surface area (TPSA) is 58.6 Å². The van der Waals surface area contributed by atoms with Crippen LogP contribution < -0.4 is 10.1 Å². The highest BCUT2D eigenvalue weighted by Gasteiger charge is 2.13. The van der Waals surface area contributed by atoms with Crippen molar-refractivity contribution in [1.82, 2.24) is 4.90 Å². The van der Waals surface area contributed by atoms with E-state index in [2.05, 4.69) is 5.32 Å². The summed E-state index contributed by atoms with van der Waals surface area (Å²) in [5, 5.41) is 3.37. The van der Waals surface area contributed by atoms with Gasteiger partial charge in [0.05, 0.1) is 19.6 Å². The molecule has 0 spiro atoms. The van der Waals surface area contributed by atoms with Crippen molar-refractivity contribution in [2.45, 2.75) is 6.42 Å². The smallest absolute Gasteiger partial charge is 0.243 e. The third kappa shape index (κ3) is 5.93. The predicted octanol–water partition coefficient (Wildman–Crippen LogP) is 3.21. The van der Waals surface area contributed by atoms with Crippen LogP contribution in [0.1, 0.15) is 6.42 Å². The van der Waals surface area contributed by atoms with Crippen molar-refractivity contribution in [3.63, 3.8) is 0 Å². The van der Waals surface area contributed by atoms with Gasteiger partial charge in [-0.15, -0.1) is 0 Å². The average molecular weight is 347 g/mol. The second kappa shape index (κ2) is 8.93. The molecule has 2 aromatic rings. The van der Waals surface area contributed by atoms with E-state index in [1.807, 2.05) is 18.2 Å². The quantitative estimate of drug-likeness (QED) is 0.837. The Morgan fingerprint density at radius 2 is 1.75 bits per heavy atom. The maximum Gasteiger partial charge on any atom is 0.243 e. The van der Waals surface area contributed by atoms with Crippen LogP contribution in [0.15, 0.2) is 54.6 Å². The van der Waals surface area contributed by atoms with Crippen molar-refractivity contribution in [1.29, 1.82) is 0 Å². The van der Waals surface area contributed by atoms with Gasteiger partial charge in [0.25, 0.3) is 0 Å². The molecule has 5 nitrogen and oxygen atoms in total. The molecule has 1 N–H and O–H groups in total. The van der Waals surface area contributed by atoms with Gasteiger partial charge in [-0.2, -0.15) is 0 Å². The fraction of sp³-hybridized carbons (Fsp3) is 0.222. The number of ether oxygens (including phenoxy) is 1. The number of benzene rings is 2. The summed E-state index contributed by atoms with van der Waals surface area (Å²) in [6, 6.07) is 16.0. The molecule has 24 heavy (non-hydrogen) atoms.